The maximum atomic E-state index is 13.2. The van der Waals surface area contributed by atoms with Crippen LogP contribution < -0.4 is 4.74 Å². The van der Waals surface area contributed by atoms with Crippen molar-refractivity contribution in [1.82, 2.24) is 4.31 Å². The molecule has 0 saturated carbocycles. The van der Waals surface area contributed by atoms with E-state index in [9.17, 15) is 26.4 Å². The lowest BCUT2D eigenvalue weighted by Crippen LogP contribution is -2.49. The van der Waals surface area contributed by atoms with E-state index in [1.807, 2.05) is 6.92 Å². The van der Waals surface area contributed by atoms with E-state index < -0.39 is 22.4 Å². The molecule has 1 saturated heterocycles. The van der Waals surface area contributed by atoms with Crippen molar-refractivity contribution >= 4 is 15.8 Å². The van der Waals surface area contributed by atoms with E-state index in [1.54, 1.807) is 24.3 Å². The first-order valence-corrected chi connectivity index (χ1v) is 11.9. The van der Waals surface area contributed by atoms with Gasteiger partial charge in [-0.05, 0) is 49.6 Å². The molecule has 0 amide bonds. The number of Topliss-reactive ketones (excluding diaryl/α,β-unsaturated/α-hetero) is 1. The van der Waals surface area contributed by atoms with Gasteiger partial charge in [0.2, 0.25) is 10.0 Å². The molecule has 1 aliphatic rings. The van der Waals surface area contributed by atoms with Gasteiger partial charge in [0.1, 0.15) is 11.5 Å². The molecule has 3 rings (SSSR count). The summed E-state index contributed by atoms with van der Waals surface area (Å²) in [5.74, 6) is -0.817. The zero-order valence-electron chi connectivity index (χ0n) is 18.3. The molecule has 2 aromatic rings. The number of piperidine rings is 1. The smallest absolute Gasteiger partial charge is 0.406 e. The number of benzene rings is 2. The fourth-order valence-corrected chi connectivity index (χ4v) is 5.62. The summed E-state index contributed by atoms with van der Waals surface area (Å²) in [6, 6.07) is 11.3. The molecular formula is C23H26F3NO5S. The summed E-state index contributed by atoms with van der Waals surface area (Å²) in [5, 5.41) is 0. The highest BCUT2D eigenvalue weighted by Gasteiger charge is 2.39. The number of ether oxygens (including phenoxy) is 2. The van der Waals surface area contributed by atoms with Crippen molar-refractivity contribution in [1.29, 1.82) is 0 Å². The average Bonchev–Trinajstić information content (AvgIpc) is 2.74. The largest absolute Gasteiger partial charge is 0.573 e. The Morgan fingerprint density at radius 1 is 1.09 bits per heavy atom. The van der Waals surface area contributed by atoms with Crippen molar-refractivity contribution in [2.45, 2.75) is 43.5 Å². The molecule has 0 spiro atoms. The highest BCUT2D eigenvalue weighted by Crippen LogP contribution is 2.31. The van der Waals surface area contributed by atoms with Crippen LogP contribution in [0.25, 0.3) is 0 Å². The minimum Gasteiger partial charge on any atom is -0.406 e. The first-order chi connectivity index (χ1) is 15.5. The molecule has 0 radical (unpaired) electrons. The van der Waals surface area contributed by atoms with Gasteiger partial charge in [0.25, 0.3) is 0 Å². The van der Waals surface area contributed by atoms with Crippen LogP contribution >= 0.6 is 0 Å². The van der Waals surface area contributed by atoms with E-state index in [-0.39, 0.29) is 41.9 Å². The van der Waals surface area contributed by atoms with Gasteiger partial charge in [-0.15, -0.1) is 13.2 Å². The fraction of sp³-hybridized carbons (Fsp3) is 0.435. The molecule has 1 aliphatic heterocycles. The minimum absolute atomic E-state index is 0.0430. The van der Waals surface area contributed by atoms with Crippen molar-refractivity contribution in [3.8, 4) is 5.75 Å². The van der Waals surface area contributed by atoms with Crippen molar-refractivity contribution in [3.05, 3.63) is 59.7 Å². The Morgan fingerprint density at radius 3 is 2.30 bits per heavy atom. The molecule has 0 bridgehead atoms. The highest BCUT2D eigenvalue weighted by molar-refractivity contribution is 7.89. The van der Waals surface area contributed by atoms with E-state index in [2.05, 4.69) is 4.74 Å². The van der Waals surface area contributed by atoms with E-state index in [0.29, 0.717) is 18.4 Å². The van der Waals surface area contributed by atoms with Gasteiger partial charge in [-0.2, -0.15) is 4.31 Å². The van der Waals surface area contributed by atoms with Crippen molar-refractivity contribution in [3.63, 3.8) is 0 Å². The average molecular weight is 486 g/mol. The topological polar surface area (TPSA) is 72.9 Å². The van der Waals surface area contributed by atoms with Crippen LogP contribution in [0, 0.1) is 12.8 Å². The molecule has 2 aromatic carbocycles. The van der Waals surface area contributed by atoms with Gasteiger partial charge < -0.3 is 9.47 Å². The van der Waals surface area contributed by atoms with Gasteiger partial charge in [-0.3, -0.25) is 4.79 Å². The molecule has 0 unspecified atom stereocenters. The lowest BCUT2D eigenvalue weighted by atomic mass is 9.86. The third-order valence-electron chi connectivity index (χ3n) is 5.64. The molecule has 1 fully saturated rings. The number of rotatable bonds is 8. The maximum Gasteiger partial charge on any atom is 0.573 e. The quantitative estimate of drug-likeness (QED) is 0.563. The molecule has 1 heterocycles. The molecule has 180 valence electrons. The molecule has 0 aliphatic carbocycles. The Hall–Kier alpha value is -2.43. The fourth-order valence-electron chi connectivity index (χ4n) is 3.98. The van der Waals surface area contributed by atoms with Gasteiger partial charge in [0.05, 0.1) is 11.5 Å². The zero-order valence-corrected chi connectivity index (χ0v) is 19.2. The number of halogens is 3. The summed E-state index contributed by atoms with van der Waals surface area (Å²) in [4.78, 5) is 13.1. The number of ketones is 1. The molecule has 10 heteroatoms. The number of aryl methyl sites for hydroxylation is 1. The van der Waals surface area contributed by atoms with Crippen LogP contribution in [0.5, 0.6) is 5.75 Å². The Morgan fingerprint density at radius 2 is 1.73 bits per heavy atom. The van der Waals surface area contributed by atoms with Crippen LogP contribution in [0.4, 0.5) is 13.2 Å². The van der Waals surface area contributed by atoms with Gasteiger partial charge in [-0.25, -0.2) is 8.42 Å². The third-order valence-corrected chi connectivity index (χ3v) is 7.61. The van der Waals surface area contributed by atoms with Crippen LogP contribution in [0.1, 0.15) is 24.0 Å². The Labute approximate surface area is 191 Å². The first-order valence-electron chi connectivity index (χ1n) is 10.4. The predicted octanol–water partition coefficient (Wildman–Crippen LogP) is 4.12. The van der Waals surface area contributed by atoms with Gasteiger partial charge in [-0.1, -0.05) is 29.8 Å². The Kier molecular flexibility index (Phi) is 7.81. The SMILES string of the molecule is COC[C@@H]1C[C@@H](C(=O)Cc2ccc(OC(F)(F)F)cc2)CCN1S(=O)(=O)c1ccc(C)cc1. The molecule has 0 aromatic heterocycles. The number of carbonyl (C=O) groups is 1. The maximum absolute atomic E-state index is 13.2. The first kappa shape index (κ1) is 25.2. The second-order valence-corrected chi connectivity index (χ2v) is 9.98. The second kappa shape index (κ2) is 10.2. The normalized spacial score (nSPS) is 19.9. The van der Waals surface area contributed by atoms with Crippen LogP contribution in [-0.4, -0.2) is 51.2 Å². The lowest BCUT2D eigenvalue weighted by Gasteiger charge is -2.37. The summed E-state index contributed by atoms with van der Waals surface area (Å²) in [5.41, 5.74) is 1.51. The molecular weight excluding hydrogens is 459 g/mol. The van der Waals surface area contributed by atoms with Crippen molar-refractivity contribution in [2.75, 3.05) is 20.3 Å². The number of hydrogen-bond acceptors (Lipinski definition) is 5. The monoisotopic (exact) mass is 485 g/mol. The standard InChI is InChI=1S/C23H26F3NO5S/c1-16-3-9-21(10-4-16)33(29,30)27-12-11-18(14-19(27)15-31-2)22(28)13-17-5-7-20(8-6-17)32-23(24,25)26/h3-10,18-19H,11-15H2,1-2H3/t18-,19-/m0/s1. The van der Waals surface area contributed by atoms with Crippen LogP contribution in [0.3, 0.4) is 0 Å². The molecule has 6 nitrogen and oxygen atoms in total. The minimum atomic E-state index is -4.78. The van der Waals surface area contributed by atoms with Gasteiger partial charge in [0, 0.05) is 32.0 Å². The van der Waals surface area contributed by atoms with Gasteiger partial charge >= 0.3 is 6.36 Å². The number of alkyl halides is 3. The number of hydrogen-bond donors (Lipinski definition) is 0. The van der Waals surface area contributed by atoms with Gasteiger partial charge in [0.15, 0.2) is 0 Å². The van der Waals surface area contributed by atoms with Crippen molar-refractivity contribution in [2.24, 2.45) is 5.92 Å². The predicted molar refractivity (Wildman–Crippen MR) is 115 cm³/mol. The van der Waals surface area contributed by atoms with E-state index in [4.69, 9.17) is 4.74 Å². The molecule has 0 N–H and O–H groups in total. The Bertz CT molecular complexity index is 1050. The molecule has 33 heavy (non-hydrogen) atoms. The number of nitrogens with zero attached hydrogens (tertiary/aromatic N) is 1. The lowest BCUT2D eigenvalue weighted by molar-refractivity contribution is -0.274. The van der Waals surface area contributed by atoms with Crippen LogP contribution in [0.15, 0.2) is 53.4 Å². The third kappa shape index (κ3) is 6.55. The number of carbonyl (C=O) groups excluding carboxylic acids is 1. The highest BCUT2D eigenvalue weighted by atomic mass is 32.2. The van der Waals surface area contributed by atoms with Crippen LogP contribution in [-0.2, 0) is 26.0 Å². The summed E-state index contributed by atoms with van der Waals surface area (Å²) in [6.45, 7) is 2.20. The van der Waals surface area contributed by atoms with Crippen LogP contribution in [0.2, 0.25) is 0 Å². The number of methoxy groups -OCH3 is 1. The summed E-state index contributed by atoms with van der Waals surface area (Å²) < 4.78 is 73.7. The van der Waals surface area contributed by atoms with E-state index >= 15 is 0 Å². The summed E-state index contributed by atoms with van der Waals surface area (Å²) in [7, 11) is -2.26. The summed E-state index contributed by atoms with van der Waals surface area (Å²) >= 11 is 0. The molecule has 2 atom stereocenters. The summed E-state index contributed by atoms with van der Waals surface area (Å²) in [6.07, 6.45) is -4.06. The van der Waals surface area contributed by atoms with Crippen molar-refractivity contribution < 1.29 is 35.9 Å². The number of sulfonamides is 1. The second-order valence-electron chi connectivity index (χ2n) is 8.09. The van der Waals surface area contributed by atoms with E-state index in [1.165, 1.54) is 35.7 Å². The Balaban J connectivity index is 1.68. The zero-order chi connectivity index (χ0) is 24.2. The van der Waals surface area contributed by atoms with E-state index in [0.717, 1.165) is 5.56 Å².